The number of pyridine rings is 1. The molecule has 108 valence electrons. The molecule has 1 unspecified atom stereocenters. The Morgan fingerprint density at radius 2 is 1.81 bits per heavy atom. The molecule has 2 aromatic rings. The van der Waals surface area contributed by atoms with Gasteiger partial charge in [0.25, 0.3) is 5.91 Å². The van der Waals surface area contributed by atoms with Gasteiger partial charge < -0.3 is 4.90 Å². The van der Waals surface area contributed by atoms with Crippen LogP contribution in [0, 0.1) is 13.8 Å². The van der Waals surface area contributed by atoms with Gasteiger partial charge in [0.1, 0.15) is 0 Å². The van der Waals surface area contributed by atoms with Gasteiger partial charge in [-0.3, -0.25) is 9.78 Å². The Bertz CT molecular complexity index is 631. The molecule has 1 atom stereocenters. The summed E-state index contributed by atoms with van der Waals surface area (Å²) in [5.41, 5.74) is 4.25. The largest absolute Gasteiger partial charge is 0.332 e. The van der Waals surface area contributed by atoms with Crippen molar-refractivity contribution in [2.45, 2.75) is 32.7 Å². The molecule has 3 heteroatoms. The monoisotopic (exact) mass is 280 g/mol. The standard InChI is InChI=1S/C18H20N2O/c1-13-10-14(2)12-16(11-13)18(21)20-9-3-4-17(20)15-5-7-19-8-6-15/h5-8,10-12,17H,3-4,9H2,1-2H3. The second-order valence-electron chi connectivity index (χ2n) is 5.81. The zero-order valence-electron chi connectivity index (χ0n) is 12.5. The molecular weight excluding hydrogens is 260 g/mol. The highest BCUT2D eigenvalue weighted by molar-refractivity contribution is 5.95. The Morgan fingerprint density at radius 1 is 1.14 bits per heavy atom. The Balaban J connectivity index is 1.90. The van der Waals surface area contributed by atoms with E-state index < -0.39 is 0 Å². The van der Waals surface area contributed by atoms with E-state index in [1.54, 1.807) is 12.4 Å². The van der Waals surface area contributed by atoms with E-state index in [9.17, 15) is 4.79 Å². The van der Waals surface area contributed by atoms with Gasteiger partial charge in [-0.1, -0.05) is 17.2 Å². The quantitative estimate of drug-likeness (QED) is 0.841. The molecule has 3 nitrogen and oxygen atoms in total. The van der Waals surface area contributed by atoms with E-state index in [0.717, 1.165) is 36.1 Å². The number of hydrogen-bond acceptors (Lipinski definition) is 2. The van der Waals surface area contributed by atoms with Crippen LogP contribution in [-0.2, 0) is 0 Å². The van der Waals surface area contributed by atoms with Crippen LogP contribution >= 0.6 is 0 Å². The predicted molar refractivity (Wildman–Crippen MR) is 83.2 cm³/mol. The average molecular weight is 280 g/mol. The molecule has 0 radical (unpaired) electrons. The molecule has 0 aliphatic carbocycles. The van der Waals surface area contributed by atoms with Gasteiger partial charge in [0.15, 0.2) is 0 Å². The van der Waals surface area contributed by atoms with Crippen LogP contribution in [0.4, 0.5) is 0 Å². The molecule has 1 aromatic carbocycles. The van der Waals surface area contributed by atoms with Gasteiger partial charge in [-0.15, -0.1) is 0 Å². The van der Waals surface area contributed by atoms with E-state index in [0.29, 0.717) is 0 Å². The molecular formula is C18H20N2O. The van der Waals surface area contributed by atoms with Gasteiger partial charge >= 0.3 is 0 Å². The summed E-state index contributed by atoms with van der Waals surface area (Å²) in [6.45, 7) is 4.90. The van der Waals surface area contributed by atoms with Crippen LogP contribution in [0.5, 0.6) is 0 Å². The predicted octanol–water partition coefficient (Wildman–Crippen LogP) is 3.68. The van der Waals surface area contributed by atoms with Crippen LogP contribution in [0.2, 0.25) is 0 Å². The zero-order valence-corrected chi connectivity index (χ0v) is 12.5. The topological polar surface area (TPSA) is 33.2 Å². The van der Waals surface area contributed by atoms with E-state index in [-0.39, 0.29) is 11.9 Å². The molecule has 0 N–H and O–H groups in total. The Kier molecular flexibility index (Phi) is 3.74. The lowest BCUT2D eigenvalue weighted by molar-refractivity contribution is 0.0735. The van der Waals surface area contributed by atoms with E-state index in [2.05, 4.69) is 11.1 Å². The summed E-state index contributed by atoms with van der Waals surface area (Å²) in [7, 11) is 0. The van der Waals surface area contributed by atoms with Crippen LogP contribution in [0.25, 0.3) is 0 Å². The number of carbonyl (C=O) groups is 1. The van der Waals surface area contributed by atoms with E-state index in [1.165, 1.54) is 5.56 Å². The highest BCUT2D eigenvalue weighted by Gasteiger charge is 2.30. The number of aryl methyl sites for hydroxylation is 2. The first-order valence-electron chi connectivity index (χ1n) is 7.44. The van der Waals surface area contributed by atoms with Crippen molar-refractivity contribution in [2.24, 2.45) is 0 Å². The summed E-state index contributed by atoms with van der Waals surface area (Å²) in [6, 6.07) is 10.3. The number of hydrogen-bond donors (Lipinski definition) is 0. The van der Waals surface area contributed by atoms with Crippen LogP contribution < -0.4 is 0 Å². The number of amides is 1. The fraction of sp³-hybridized carbons (Fsp3) is 0.333. The van der Waals surface area contributed by atoms with Crippen molar-refractivity contribution >= 4 is 5.91 Å². The highest BCUT2D eigenvalue weighted by atomic mass is 16.2. The number of aromatic nitrogens is 1. The minimum atomic E-state index is 0.140. The summed E-state index contributed by atoms with van der Waals surface area (Å²) in [4.78, 5) is 18.9. The lowest BCUT2D eigenvalue weighted by Crippen LogP contribution is -2.30. The number of nitrogens with zero attached hydrogens (tertiary/aromatic N) is 2. The third-order valence-electron chi connectivity index (χ3n) is 4.07. The van der Waals surface area contributed by atoms with Gasteiger partial charge in [-0.05, 0) is 56.5 Å². The SMILES string of the molecule is Cc1cc(C)cc(C(=O)N2CCCC2c2ccncc2)c1. The molecule has 1 aromatic heterocycles. The molecule has 1 aliphatic heterocycles. The van der Waals surface area contributed by atoms with Crippen molar-refractivity contribution < 1.29 is 4.79 Å². The summed E-state index contributed by atoms with van der Waals surface area (Å²) < 4.78 is 0. The first kappa shape index (κ1) is 13.8. The maximum absolute atomic E-state index is 12.8. The molecule has 1 fully saturated rings. The van der Waals surface area contributed by atoms with E-state index in [4.69, 9.17) is 0 Å². The van der Waals surface area contributed by atoms with E-state index >= 15 is 0 Å². The minimum Gasteiger partial charge on any atom is -0.332 e. The van der Waals surface area contributed by atoms with Crippen LogP contribution in [0.15, 0.2) is 42.7 Å². The smallest absolute Gasteiger partial charge is 0.254 e. The molecule has 2 heterocycles. The van der Waals surface area contributed by atoms with Crippen LogP contribution in [0.3, 0.4) is 0 Å². The molecule has 1 amide bonds. The van der Waals surface area contributed by atoms with Gasteiger partial charge in [-0.2, -0.15) is 0 Å². The first-order valence-corrected chi connectivity index (χ1v) is 7.44. The number of benzene rings is 1. The van der Waals surface area contributed by atoms with Crippen molar-refractivity contribution in [3.8, 4) is 0 Å². The summed E-state index contributed by atoms with van der Waals surface area (Å²) in [6.07, 6.45) is 5.68. The van der Waals surface area contributed by atoms with Gasteiger partial charge in [0, 0.05) is 24.5 Å². The third kappa shape index (κ3) is 2.82. The molecule has 21 heavy (non-hydrogen) atoms. The lowest BCUT2D eigenvalue weighted by atomic mass is 10.0. The van der Waals surface area contributed by atoms with E-state index in [1.807, 2.05) is 43.0 Å². The van der Waals surface area contributed by atoms with Gasteiger partial charge in [-0.25, -0.2) is 0 Å². The fourth-order valence-corrected chi connectivity index (χ4v) is 3.21. The average Bonchev–Trinajstić information content (AvgIpc) is 2.95. The number of rotatable bonds is 2. The summed E-state index contributed by atoms with van der Waals surface area (Å²) in [5.74, 6) is 0.140. The van der Waals surface area contributed by atoms with Crippen molar-refractivity contribution in [1.82, 2.24) is 9.88 Å². The second-order valence-corrected chi connectivity index (χ2v) is 5.81. The lowest BCUT2D eigenvalue weighted by Gasteiger charge is -2.25. The number of likely N-dealkylation sites (tertiary alicyclic amines) is 1. The Labute approximate surface area is 125 Å². The maximum Gasteiger partial charge on any atom is 0.254 e. The normalized spacial score (nSPS) is 18.0. The van der Waals surface area contributed by atoms with Crippen molar-refractivity contribution in [1.29, 1.82) is 0 Å². The Morgan fingerprint density at radius 3 is 2.48 bits per heavy atom. The van der Waals surface area contributed by atoms with Crippen molar-refractivity contribution in [3.05, 3.63) is 65.0 Å². The third-order valence-corrected chi connectivity index (χ3v) is 4.07. The Hall–Kier alpha value is -2.16. The van der Waals surface area contributed by atoms with Gasteiger partial charge in [0.2, 0.25) is 0 Å². The number of carbonyl (C=O) groups excluding carboxylic acids is 1. The molecule has 1 aliphatic rings. The second kappa shape index (κ2) is 5.68. The minimum absolute atomic E-state index is 0.140. The summed E-state index contributed by atoms with van der Waals surface area (Å²) in [5, 5.41) is 0. The molecule has 0 saturated carbocycles. The van der Waals surface area contributed by atoms with Crippen LogP contribution in [-0.4, -0.2) is 22.3 Å². The van der Waals surface area contributed by atoms with Gasteiger partial charge in [0.05, 0.1) is 6.04 Å². The molecule has 0 spiro atoms. The maximum atomic E-state index is 12.8. The fourth-order valence-electron chi connectivity index (χ4n) is 3.21. The molecule has 1 saturated heterocycles. The van der Waals surface area contributed by atoms with Crippen molar-refractivity contribution in [2.75, 3.05) is 6.54 Å². The van der Waals surface area contributed by atoms with Crippen LogP contribution in [0.1, 0.15) is 45.9 Å². The van der Waals surface area contributed by atoms with Crippen molar-refractivity contribution in [3.63, 3.8) is 0 Å². The highest BCUT2D eigenvalue weighted by Crippen LogP contribution is 2.32. The molecule has 3 rings (SSSR count). The zero-order chi connectivity index (χ0) is 14.8. The molecule has 0 bridgehead atoms. The summed E-state index contributed by atoms with van der Waals surface area (Å²) >= 11 is 0. The first-order chi connectivity index (χ1) is 10.1.